The van der Waals surface area contributed by atoms with Gasteiger partial charge in [0, 0.05) is 14.9 Å². The lowest BCUT2D eigenvalue weighted by atomic mass is 10.1. The summed E-state index contributed by atoms with van der Waals surface area (Å²) in [6.45, 7) is 1.16. The second-order valence-corrected chi connectivity index (χ2v) is 6.93. The molecule has 0 spiro atoms. The molecule has 0 radical (unpaired) electrons. The van der Waals surface area contributed by atoms with Gasteiger partial charge >= 0.3 is 5.97 Å². The van der Waals surface area contributed by atoms with Crippen LogP contribution in [0.2, 0.25) is 0 Å². The zero-order valence-electron chi connectivity index (χ0n) is 13.0. The largest absolute Gasteiger partial charge is 0.454 e. The number of hydrogen-bond donors (Lipinski definition) is 0. The minimum atomic E-state index is -0.577. The van der Waals surface area contributed by atoms with E-state index in [0.717, 1.165) is 4.47 Å². The van der Waals surface area contributed by atoms with Crippen LogP contribution in [0.1, 0.15) is 27.6 Å². The van der Waals surface area contributed by atoms with E-state index in [1.54, 1.807) is 48.5 Å². The Bertz CT molecular complexity index is 756. The van der Waals surface area contributed by atoms with Crippen LogP contribution in [0.4, 0.5) is 0 Å². The Hall–Kier alpha value is -1.92. The van der Waals surface area contributed by atoms with Gasteiger partial charge in [0.15, 0.2) is 12.4 Å². The van der Waals surface area contributed by atoms with Crippen molar-refractivity contribution < 1.29 is 19.1 Å². The zero-order valence-corrected chi connectivity index (χ0v) is 15.4. The van der Waals surface area contributed by atoms with Crippen molar-refractivity contribution >= 4 is 45.2 Å². The first kappa shape index (κ1) is 18.4. The predicted octanol–water partition coefficient (Wildman–Crippen LogP) is 4.17. The third-order valence-corrected chi connectivity index (χ3v) is 4.78. The molecule has 0 bridgehead atoms. The van der Waals surface area contributed by atoms with Crippen LogP contribution in [0, 0.1) is 0 Å². The van der Waals surface area contributed by atoms with Gasteiger partial charge in [0.2, 0.25) is 0 Å². The summed E-state index contributed by atoms with van der Waals surface area (Å²) in [7, 11) is 0. The summed E-state index contributed by atoms with van der Waals surface area (Å²) in [5, 5.41) is 0. The molecule has 0 saturated carbocycles. The Balaban J connectivity index is 2.01. The summed E-state index contributed by atoms with van der Waals surface area (Å²) in [5.41, 5.74) is 0.831. The van der Waals surface area contributed by atoms with Gasteiger partial charge in [-0.05, 0) is 31.2 Å². The van der Waals surface area contributed by atoms with E-state index in [-0.39, 0.29) is 23.9 Å². The van der Waals surface area contributed by atoms with E-state index >= 15 is 0 Å². The van der Waals surface area contributed by atoms with Gasteiger partial charge in [-0.25, -0.2) is 4.79 Å². The molecule has 0 fully saturated rings. The maximum Gasteiger partial charge on any atom is 0.339 e. The molecule has 2 aromatic carbocycles. The van der Waals surface area contributed by atoms with Crippen LogP contribution in [-0.2, 0) is 9.53 Å². The molecular weight excluding hydrogens is 392 g/mol. The highest BCUT2D eigenvalue weighted by atomic mass is 79.9. The number of ketones is 2. The van der Waals surface area contributed by atoms with Crippen LogP contribution < -0.4 is 0 Å². The molecule has 2 aromatic rings. The Morgan fingerprint density at radius 3 is 2.38 bits per heavy atom. The molecule has 0 aliphatic carbocycles. The fraction of sp³-hybridized carbons (Fsp3) is 0.167. The summed E-state index contributed by atoms with van der Waals surface area (Å²) in [6, 6.07) is 13.7. The molecular formula is C18H15BrO4S. The molecule has 0 heterocycles. The average Bonchev–Trinajstić information content (AvgIpc) is 2.58. The van der Waals surface area contributed by atoms with Crippen LogP contribution in [-0.4, -0.2) is 29.9 Å². The van der Waals surface area contributed by atoms with E-state index in [1.165, 1.54) is 18.7 Å². The van der Waals surface area contributed by atoms with E-state index in [2.05, 4.69) is 15.9 Å². The van der Waals surface area contributed by atoms with Crippen molar-refractivity contribution in [2.45, 2.75) is 11.8 Å². The lowest BCUT2D eigenvalue weighted by molar-refractivity contribution is -0.114. The molecule has 0 aromatic heterocycles. The van der Waals surface area contributed by atoms with E-state index in [1.807, 2.05) is 0 Å². The Morgan fingerprint density at radius 1 is 1.04 bits per heavy atom. The number of esters is 1. The fourth-order valence-corrected chi connectivity index (χ4v) is 2.97. The van der Waals surface area contributed by atoms with Gasteiger partial charge in [0.25, 0.3) is 0 Å². The second-order valence-electron chi connectivity index (χ2n) is 4.99. The molecule has 0 N–H and O–H groups in total. The first-order chi connectivity index (χ1) is 11.5. The van der Waals surface area contributed by atoms with Gasteiger partial charge in [-0.2, -0.15) is 0 Å². The summed E-state index contributed by atoms with van der Waals surface area (Å²) in [4.78, 5) is 36.0. The summed E-state index contributed by atoms with van der Waals surface area (Å²) < 4.78 is 5.99. The number of carbonyl (C=O) groups excluding carboxylic acids is 3. The Labute approximate surface area is 152 Å². The van der Waals surface area contributed by atoms with Crippen LogP contribution in [0.25, 0.3) is 0 Å². The minimum absolute atomic E-state index is 0.0218. The number of thioether (sulfide) groups is 1. The molecule has 0 aliphatic heterocycles. The number of hydrogen-bond acceptors (Lipinski definition) is 5. The number of carbonyl (C=O) groups is 3. The highest BCUT2D eigenvalue weighted by Crippen LogP contribution is 2.23. The first-order valence-electron chi connectivity index (χ1n) is 7.14. The van der Waals surface area contributed by atoms with Gasteiger partial charge in [0.05, 0.1) is 11.3 Å². The highest BCUT2D eigenvalue weighted by Gasteiger charge is 2.15. The third kappa shape index (κ3) is 5.32. The summed E-state index contributed by atoms with van der Waals surface area (Å²) in [6.07, 6.45) is 0. The number of ether oxygens (including phenoxy) is 1. The van der Waals surface area contributed by atoms with Gasteiger partial charge in [-0.3, -0.25) is 9.59 Å². The SMILES string of the molecule is CC(=O)CSc1ccccc1C(=O)OCC(=O)c1ccc(Br)cc1. The lowest BCUT2D eigenvalue weighted by Gasteiger charge is -2.08. The van der Waals surface area contributed by atoms with Crippen molar-refractivity contribution in [3.05, 3.63) is 64.1 Å². The van der Waals surface area contributed by atoms with Crippen molar-refractivity contribution in [1.29, 1.82) is 0 Å². The molecule has 0 atom stereocenters. The maximum atomic E-state index is 12.2. The Morgan fingerprint density at radius 2 is 1.71 bits per heavy atom. The van der Waals surface area contributed by atoms with Gasteiger partial charge < -0.3 is 4.74 Å². The Kier molecular flexibility index (Phi) is 6.75. The van der Waals surface area contributed by atoms with Crippen molar-refractivity contribution in [3.63, 3.8) is 0 Å². The van der Waals surface area contributed by atoms with Crippen LogP contribution in [0.15, 0.2) is 57.9 Å². The topological polar surface area (TPSA) is 60.4 Å². The van der Waals surface area contributed by atoms with Crippen LogP contribution in [0.5, 0.6) is 0 Å². The van der Waals surface area contributed by atoms with E-state index in [0.29, 0.717) is 16.0 Å². The van der Waals surface area contributed by atoms with E-state index in [4.69, 9.17) is 4.74 Å². The number of rotatable bonds is 7. The quantitative estimate of drug-likeness (QED) is 0.392. The first-order valence-corrected chi connectivity index (χ1v) is 8.92. The molecule has 0 saturated heterocycles. The van der Waals surface area contributed by atoms with Crippen LogP contribution >= 0.6 is 27.7 Å². The average molecular weight is 407 g/mol. The van der Waals surface area contributed by atoms with Crippen LogP contribution in [0.3, 0.4) is 0 Å². The maximum absolute atomic E-state index is 12.2. The monoisotopic (exact) mass is 406 g/mol. The van der Waals surface area contributed by atoms with Gasteiger partial charge in [-0.15, -0.1) is 11.8 Å². The highest BCUT2D eigenvalue weighted by molar-refractivity contribution is 9.10. The van der Waals surface area contributed by atoms with Crippen molar-refractivity contribution in [1.82, 2.24) is 0 Å². The summed E-state index contributed by atoms with van der Waals surface area (Å²) in [5.74, 6) is -0.548. The smallest absolute Gasteiger partial charge is 0.339 e. The number of halogens is 1. The minimum Gasteiger partial charge on any atom is -0.454 e. The van der Waals surface area contributed by atoms with Crippen molar-refractivity contribution in [2.75, 3.05) is 12.4 Å². The van der Waals surface area contributed by atoms with Gasteiger partial charge in [0.1, 0.15) is 5.78 Å². The number of Topliss-reactive ketones (excluding diaryl/α,β-unsaturated/α-hetero) is 2. The second kappa shape index (κ2) is 8.80. The normalized spacial score (nSPS) is 10.2. The molecule has 2 rings (SSSR count). The molecule has 24 heavy (non-hydrogen) atoms. The molecule has 0 unspecified atom stereocenters. The fourth-order valence-electron chi connectivity index (χ4n) is 1.87. The standard InChI is InChI=1S/C18H15BrO4S/c1-12(20)11-24-17-5-3-2-4-15(17)18(22)23-10-16(21)13-6-8-14(19)9-7-13/h2-9H,10-11H2,1H3. The zero-order chi connectivity index (χ0) is 17.5. The van der Waals surface area contributed by atoms with E-state index in [9.17, 15) is 14.4 Å². The molecule has 0 amide bonds. The molecule has 6 heteroatoms. The van der Waals surface area contributed by atoms with Crippen molar-refractivity contribution in [2.24, 2.45) is 0 Å². The predicted molar refractivity (Wildman–Crippen MR) is 96.6 cm³/mol. The lowest BCUT2D eigenvalue weighted by Crippen LogP contribution is -2.15. The van der Waals surface area contributed by atoms with Crippen molar-refractivity contribution in [3.8, 4) is 0 Å². The third-order valence-electron chi connectivity index (χ3n) is 3.04. The molecule has 0 aliphatic rings. The van der Waals surface area contributed by atoms with E-state index < -0.39 is 5.97 Å². The summed E-state index contributed by atoms with van der Waals surface area (Å²) >= 11 is 4.57. The number of benzene rings is 2. The van der Waals surface area contributed by atoms with Gasteiger partial charge in [-0.1, -0.05) is 40.2 Å². The molecule has 124 valence electrons. The molecule has 4 nitrogen and oxygen atoms in total.